The molecule has 3 aromatic rings. The molecule has 29 heavy (non-hydrogen) atoms. The molecule has 4 rings (SSSR count). The molecule has 1 aliphatic rings. The second kappa shape index (κ2) is 7.02. The van der Waals surface area contributed by atoms with Crippen LogP contribution in [0.15, 0.2) is 54.5 Å². The van der Waals surface area contributed by atoms with Crippen molar-refractivity contribution in [2.24, 2.45) is 5.41 Å². The Hall–Kier alpha value is -3.72. The van der Waals surface area contributed by atoms with Crippen molar-refractivity contribution < 1.29 is 4.79 Å². The van der Waals surface area contributed by atoms with Gasteiger partial charge < -0.3 is 11.1 Å². The number of carbonyl (C=O) groups excluding carboxylic acids is 1. The van der Waals surface area contributed by atoms with Gasteiger partial charge in [-0.25, -0.2) is 4.98 Å². The first-order valence-corrected chi connectivity index (χ1v) is 9.39. The van der Waals surface area contributed by atoms with Gasteiger partial charge in [0.15, 0.2) is 0 Å². The van der Waals surface area contributed by atoms with Crippen LogP contribution in [-0.4, -0.2) is 15.9 Å². The average Bonchev–Trinajstić information content (AvgIpc) is 2.66. The molecule has 0 spiro atoms. The highest BCUT2D eigenvalue weighted by molar-refractivity contribution is 6.02. The van der Waals surface area contributed by atoms with Gasteiger partial charge in [0.2, 0.25) is 5.91 Å². The van der Waals surface area contributed by atoms with Crippen LogP contribution in [0.4, 0.5) is 11.5 Å². The number of nitrogens with zero attached hydrogens (tertiary/aromatic N) is 3. The van der Waals surface area contributed by atoms with Crippen LogP contribution in [0.5, 0.6) is 0 Å². The number of fused-ring (bicyclic) bond motifs is 1. The molecule has 6 nitrogen and oxygen atoms in total. The van der Waals surface area contributed by atoms with Gasteiger partial charge in [-0.15, -0.1) is 0 Å². The number of aromatic nitrogens is 2. The zero-order valence-electron chi connectivity index (χ0n) is 16.4. The van der Waals surface area contributed by atoms with Crippen LogP contribution in [0.3, 0.4) is 0 Å². The van der Waals surface area contributed by atoms with Crippen LogP contribution < -0.4 is 11.1 Å². The van der Waals surface area contributed by atoms with Gasteiger partial charge in [0.25, 0.3) is 0 Å². The Morgan fingerprint density at radius 1 is 1.31 bits per heavy atom. The summed E-state index contributed by atoms with van der Waals surface area (Å²) in [4.78, 5) is 20.8. The Labute approximate surface area is 169 Å². The predicted molar refractivity (Wildman–Crippen MR) is 114 cm³/mol. The highest BCUT2D eigenvalue weighted by Crippen LogP contribution is 2.44. The normalized spacial score (nSPS) is 18.0. The maximum absolute atomic E-state index is 12.3. The number of nitrogen functional groups attached to an aromatic ring is 1. The number of nitriles is 1. The van der Waals surface area contributed by atoms with Gasteiger partial charge in [0, 0.05) is 41.3 Å². The summed E-state index contributed by atoms with van der Waals surface area (Å²) in [6.45, 7) is 3.93. The van der Waals surface area contributed by atoms with Gasteiger partial charge >= 0.3 is 0 Å². The zero-order valence-corrected chi connectivity index (χ0v) is 16.4. The summed E-state index contributed by atoms with van der Waals surface area (Å²) in [5.74, 6) is 0.222. The fourth-order valence-corrected chi connectivity index (χ4v) is 3.76. The van der Waals surface area contributed by atoms with Gasteiger partial charge in [0.05, 0.1) is 11.5 Å². The van der Waals surface area contributed by atoms with Crippen molar-refractivity contribution in [2.45, 2.75) is 26.7 Å². The van der Waals surface area contributed by atoms with Crippen molar-refractivity contribution in [2.75, 3.05) is 11.1 Å². The third-order valence-electron chi connectivity index (χ3n) is 5.31. The van der Waals surface area contributed by atoms with E-state index in [9.17, 15) is 4.79 Å². The molecule has 0 bridgehead atoms. The van der Waals surface area contributed by atoms with E-state index in [2.05, 4.69) is 21.4 Å². The van der Waals surface area contributed by atoms with E-state index in [4.69, 9.17) is 11.0 Å². The summed E-state index contributed by atoms with van der Waals surface area (Å²) in [5.41, 5.74) is 10.6. The number of benzene rings is 1. The molecule has 144 valence electrons. The standard InChI is InChI=1S/C23H21N5O/c1-14-3-4-26-11-18(14)16-6-17-8-21(27-12-19(17)20(25)7-16)28-22(29)5-15-9-23(2,10-15)13-24/h3-8,11-12H,9-10,25H2,1-2H3,(H,27,28,29). The Morgan fingerprint density at radius 2 is 2.10 bits per heavy atom. The Morgan fingerprint density at radius 3 is 2.83 bits per heavy atom. The second-order valence-electron chi connectivity index (χ2n) is 7.86. The maximum atomic E-state index is 12.3. The Balaban J connectivity index is 1.61. The molecule has 0 aliphatic heterocycles. The number of rotatable bonds is 3. The number of carbonyl (C=O) groups is 1. The zero-order chi connectivity index (χ0) is 20.6. The van der Waals surface area contributed by atoms with E-state index in [-0.39, 0.29) is 11.3 Å². The summed E-state index contributed by atoms with van der Waals surface area (Å²) in [7, 11) is 0. The SMILES string of the molecule is Cc1ccncc1-c1cc(N)c2cnc(NC(=O)C=C3CC(C)(C#N)C3)cc2c1. The first-order valence-electron chi connectivity index (χ1n) is 9.39. The first-order chi connectivity index (χ1) is 13.9. The quantitative estimate of drug-likeness (QED) is 0.516. The minimum Gasteiger partial charge on any atom is -0.398 e. The first kappa shape index (κ1) is 18.6. The molecule has 0 saturated heterocycles. The Kier molecular flexibility index (Phi) is 4.51. The van der Waals surface area contributed by atoms with Crippen LogP contribution >= 0.6 is 0 Å². The number of allylic oxidation sites excluding steroid dienone is 1. The molecule has 2 heterocycles. The topological polar surface area (TPSA) is 105 Å². The molecule has 1 aromatic carbocycles. The summed E-state index contributed by atoms with van der Waals surface area (Å²) in [6, 6.07) is 9.99. The number of hydrogen-bond acceptors (Lipinski definition) is 5. The van der Waals surface area contributed by atoms with Crippen molar-refractivity contribution in [1.82, 2.24) is 9.97 Å². The molecule has 1 amide bonds. The van der Waals surface area contributed by atoms with Gasteiger partial charge in [-0.05, 0) is 67.5 Å². The molecule has 1 aliphatic carbocycles. The van der Waals surface area contributed by atoms with E-state index in [0.29, 0.717) is 24.3 Å². The number of pyridine rings is 2. The van der Waals surface area contributed by atoms with Crippen LogP contribution in [0.1, 0.15) is 25.3 Å². The average molecular weight is 383 g/mol. The molecule has 3 N–H and O–H groups in total. The number of anilines is 2. The fraction of sp³-hybridized carbons (Fsp3) is 0.217. The minimum atomic E-state index is -0.342. The van der Waals surface area contributed by atoms with E-state index in [1.54, 1.807) is 18.5 Å². The van der Waals surface area contributed by atoms with Crippen molar-refractivity contribution in [3.8, 4) is 17.2 Å². The largest absolute Gasteiger partial charge is 0.398 e. The number of hydrogen-bond donors (Lipinski definition) is 2. The summed E-state index contributed by atoms with van der Waals surface area (Å²) >= 11 is 0. The number of nitrogens with two attached hydrogens (primary N) is 1. The molecule has 2 aromatic heterocycles. The van der Waals surface area contributed by atoms with Crippen LogP contribution in [-0.2, 0) is 4.79 Å². The van der Waals surface area contributed by atoms with Crippen molar-refractivity contribution >= 4 is 28.2 Å². The number of aryl methyl sites for hydroxylation is 1. The van der Waals surface area contributed by atoms with E-state index >= 15 is 0 Å². The highest BCUT2D eigenvalue weighted by atomic mass is 16.1. The smallest absolute Gasteiger partial charge is 0.249 e. The van der Waals surface area contributed by atoms with Crippen molar-refractivity contribution in [3.63, 3.8) is 0 Å². The van der Waals surface area contributed by atoms with Crippen LogP contribution in [0.25, 0.3) is 21.9 Å². The second-order valence-corrected chi connectivity index (χ2v) is 7.86. The van der Waals surface area contributed by atoms with E-state index in [1.807, 2.05) is 44.3 Å². The molecule has 0 unspecified atom stereocenters. The van der Waals surface area contributed by atoms with Gasteiger partial charge in [-0.2, -0.15) is 5.26 Å². The van der Waals surface area contributed by atoms with Gasteiger partial charge in [-0.3, -0.25) is 9.78 Å². The minimum absolute atomic E-state index is 0.237. The Bertz CT molecular complexity index is 1200. The molecular weight excluding hydrogens is 362 g/mol. The fourth-order valence-electron chi connectivity index (χ4n) is 3.76. The van der Waals surface area contributed by atoms with Gasteiger partial charge in [0.1, 0.15) is 5.82 Å². The lowest BCUT2D eigenvalue weighted by Gasteiger charge is -2.34. The molecule has 1 saturated carbocycles. The highest BCUT2D eigenvalue weighted by Gasteiger charge is 2.36. The molecule has 1 fully saturated rings. The predicted octanol–water partition coefficient (Wildman–Crippen LogP) is 4.38. The monoisotopic (exact) mass is 383 g/mol. The van der Waals surface area contributed by atoms with Gasteiger partial charge in [-0.1, -0.05) is 5.57 Å². The number of amides is 1. The summed E-state index contributed by atoms with van der Waals surface area (Å²) in [5, 5.41) is 13.6. The molecular formula is C23H21N5O. The third-order valence-corrected chi connectivity index (χ3v) is 5.31. The van der Waals surface area contributed by atoms with Crippen molar-refractivity contribution in [1.29, 1.82) is 5.26 Å². The van der Waals surface area contributed by atoms with Crippen LogP contribution in [0, 0.1) is 23.7 Å². The molecule has 0 atom stereocenters. The lowest BCUT2D eigenvalue weighted by Crippen LogP contribution is -2.27. The van der Waals surface area contributed by atoms with E-state index < -0.39 is 0 Å². The number of nitrogens with one attached hydrogen (secondary N) is 1. The van der Waals surface area contributed by atoms with Crippen molar-refractivity contribution in [3.05, 3.63) is 60.1 Å². The third kappa shape index (κ3) is 3.67. The summed E-state index contributed by atoms with van der Waals surface area (Å²) in [6.07, 6.45) is 8.08. The van der Waals surface area contributed by atoms with E-state index in [1.165, 1.54) is 0 Å². The van der Waals surface area contributed by atoms with E-state index in [0.717, 1.165) is 33.0 Å². The lowest BCUT2D eigenvalue weighted by molar-refractivity contribution is -0.112. The molecule has 0 radical (unpaired) electrons. The lowest BCUT2D eigenvalue weighted by atomic mass is 9.68. The maximum Gasteiger partial charge on any atom is 0.249 e. The van der Waals surface area contributed by atoms with Crippen LogP contribution in [0.2, 0.25) is 0 Å². The summed E-state index contributed by atoms with van der Waals surface area (Å²) < 4.78 is 0. The molecule has 6 heteroatoms.